The van der Waals surface area contributed by atoms with Crippen LogP contribution in [0.15, 0.2) is 78.9 Å². The molecule has 2 fully saturated rings. The molecule has 0 unspecified atom stereocenters. The fourth-order valence-electron chi connectivity index (χ4n) is 7.39. The first-order chi connectivity index (χ1) is 16.4. The fourth-order valence-corrected chi connectivity index (χ4v) is 12.4. The molecule has 0 atom stereocenters. The van der Waals surface area contributed by atoms with Crippen LogP contribution in [0.1, 0.15) is 80.9 Å². The molecule has 3 aromatic carbocycles. The largest absolute Gasteiger partial charge is 0.0843 e. The minimum absolute atomic E-state index is 0.161. The molecule has 0 N–H and O–H groups in total. The van der Waals surface area contributed by atoms with Crippen LogP contribution in [0.4, 0.5) is 0 Å². The molecule has 0 radical (unpaired) electrons. The molecule has 0 aliphatic heterocycles. The van der Waals surface area contributed by atoms with Crippen LogP contribution in [0.2, 0.25) is 0 Å². The highest BCUT2D eigenvalue weighted by atomic mass is 31.1. The van der Waals surface area contributed by atoms with Crippen molar-refractivity contribution in [2.45, 2.75) is 87.1 Å². The zero-order valence-electron chi connectivity index (χ0n) is 19.9. The number of hydrogen-bond acceptors (Lipinski definition) is 0. The zero-order valence-corrected chi connectivity index (χ0v) is 20.8. The van der Waals surface area contributed by atoms with Crippen LogP contribution in [0, 0.1) is 0 Å². The molecule has 0 bridgehead atoms. The predicted molar refractivity (Wildman–Crippen MR) is 143 cm³/mol. The highest BCUT2D eigenvalue weighted by Crippen LogP contribution is 2.74. The Labute approximate surface area is 201 Å². The van der Waals surface area contributed by atoms with Gasteiger partial charge in [-0.1, -0.05) is 125 Å². The number of hydrogen-bond donors (Lipinski definition) is 0. The number of benzene rings is 3. The number of rotatable bonds is 5. The van der Waals surface area contributed by atoms with Crippen molar-refractivity contribution in [3.05, 3.63) is 95.6 Å². The van der Waals surface area contributed by atoms with Crippen LogP contribution >= 0.6 is 7.92 Å². The first kappa shape index (κ1) is 21.6. The lowest BCUT2D eigenvalue weighted by molar-refractivity contribution is 0.474. The third-order valence-electron chi connectivity index (χ3n) is 8.72. The van der Waals surface area contributed by atoms with E-state index in [0.717, 1.165) is 11.3 Å². The molecule has 3 aliphatic rings. The Hall–Kier alpha value is -1.91. The van der Waals surface area contributed by atoms with E-state index >= 15 is 0 Å². The van der Waals surface area contributed by atoms with Crippen LogP contribution in [-0.2, 0) is 11.6 Å². The van der Waals surface area contributed by atoms with Crippen LogP contribution in [-0.4, -0.2) is 11.3 Å². The lowest BCUT2D eigenvalue weighted by Crippen LogP contribution is -2.36. The van der Waals surface area contributed by atoms with Crippen LogP contribution in [0.3, 0.4) is 0 Å². The van der Waals surface area contributed by atoms with E-state index < -0.39 is 0 Å². The number of fused-ring (bicyclic) bond motifs is 3. The minimum Gasteiger partial charge on any atom is -0.0843 e. The molecular weight excluding hydrogens is 415 g/mol. The van der Waals surface area contributed by atoms with Gasteiger partial charge in [-0.05, 0) is 71.2 Å². The van der Waals surface area contributed by atoms with Crippen molar-refractivity contribution in [2.75, 3.05) is 0 Å². The molecule has 3 aromatic rings. The average Bonchev–Trinajstić information content (AvgIpc) is 3.17. The summed E-state index contributed by atoms with van der Waals surface area (Å²) in [5, 5.41) is 0.161. The Balaban J connectivity index is 1.60. The summed E-state index contributed by atoms with van der Waals surface area (Å²) < 4.78 is 0. The maximum atomic E-state index is 2.51. The fraction of sp³-hybridized carbons (Fsp3) is 0.438. The summed E-state index contributed by atoms with van der Waals surface area (Å²) in [5.74, 6) is 0. The maximum Gasteiger partial charge on any atom is 0.0458 e. The molecule has 2 saturated carbocycles. The minimum atomic E-state index is -0.179. The van der Waals surface area contributed by atoms with Gasteiger partial charge in [0.15, 0.2) is 0 Å². The molecular formula is C32H37P. The van der Waals surface area contributed by atoms with Crippen molar-refractivity contribution >= 4 is 7.92 Å². The second kappa shape index (κ2) is 9.38. The lowest BCUT2D eigenvalue weighted by Gasteiger charge is -2.50. The summed E-state index contributed by atoms with van der Waals surface area (Å²) in [4.78, 5) is 0. The smallest absolute Gasteiger partial charge is 0.0458 e. The molecule has 1 heteroatoms. The summed E-state index contributed by atoms with van der Waals surface area (Å²) in [6, 6.07) is 30.5. The maximum absolute atomic E-state index is 2.51. The monoisotopic (exact) mass is 452 g/mol. The molecule has 3 aliphatic carbocycles. The van der Waals surface area contributed by atoms with Gasteiger partial charge in [0.25, 0.3) is 0 Å². The van der Waals surface area contributed by atoms with Gasteiger partial charge in [0.05, 0.1) is 0 Å². The topological polar surface area (TPSA) is 0 Å². The third kappa shape index (κ3) is 3.80. The van der Waals surface area contributed by atoms with Crippen LogP contribution < -0.4 is 0 Å². The van der Waals surface area contributed by atoms with Gasteiger partial charge in [0.1, 0.15) is 0 Å². The zero-order chi connectivity index (χ0) is 22.1. The SMILES string of the molecule is c1ccc(CC2(P(C3CCCCC3)C3CCCCC3)c3ccccc3-c3ccccc32)cc1. The molecule has 0 heterocycles. The second-order valence-corrected chi connectivity index (χ2v) is 13.6. The second-order valence-electron chi connectivity index (χ2n) is 10.6. The van der Waals surface area contributed by atoms with Crippen molar-refractivity contribution in [1.29, 1.82) is 0 Å². The highest BCUT2D eigenvalue weighted by molar-refractivity contribution is 7.60. The molecule has 6 rings (SSSR count). The first-order valence-electron chi connectivity index (χ1n) is 13.4. The molecule has 0 saturated heterocycles. The Morgan fingerprint density at radius 1 is 0.545 bits per heavy atom. The summed E-state index contributed by atoms with van der Waals surface area (Å²) in [7, 11) is -0.179. The molecule has 0 aromatic heterocycles. The van der Waals surface area contributed by atoms with Gasteiger partial charge in [-0.2, -0.15) is 0 Å². The molecule has 0 amide bonds. The third-order valence-corrected chi connectivity index (χ3v) is 12.8. The summed E-state index contributed by atoms with van der Waals surface area (Å²) >= 11 is 0. The summed E-state index contributed by atoms with van der Waals surface area (Å²) in [6.45, 7) is 0. The van der Waals surface area contributed by atoms with Gasteiger partial charge in [0.2, 0.25) is 0 Å². The average molecular weight is 453 g/mol. The Morgan fingerprint density at radius 2 is 1.00 bits per heavy atom. The summed E-state index contributed by atoms with van der Waals surface area (Å²) in [6.07, 6.45) is 15.7. The summed E-state index contributed by atoms with van der Waals surface area (Å²) in [5.41, 5.74) is 9.68. The van der Waals surface area contributed by atoms with E-state index in [1.807, 2.05) is 0 Å². The van der Waals surface area contributed by atoms with Gasteiger partial charge in [0, 0.05) is 5.16 Å². The molecule has 0 spiro atoms. The van der Waals surface area contributed by atoms with Crippen LogP contribution in [0.25, 0.3) is 11.1 Å². The van der Waals surface area contributed by atoms with Gasteiger partial charge < -0.3 is 0 Å². The quantitative estimate of drug-likeness (QED) is 0.338. The van der Waals surface area contributed by atoms with Crippen molar-refractivity contribution < 1.29 is 0 Å². The van der Waals surface area contributed by atoms with E-state index in [0.29, 0.717) is 0 Å². The van der Waals surface area contributed by atoms with Crippen molar-refractivity contribution in [2.24, 2.45) is 0 Å². The predicted octanol–water partition coefficient (Wildman–Crippen LogP) is 9.30. The lowest BCUT2D eigenvalue weighted by atomic mass is 9.88. The standard InChI is InChI=1S/C32H37P/c1-4-14-25(15-5-1)24-32(30-22-12-10-20-28(30)29-21-11-13-23-31(29)32)33(26-16-6-2-7-17-26)27-18-8-3-9-19-27/h1,4-5,10-15,20-23,26-27H,2-3,6-9,16-19,24H2. The molecule has 33 heavy (non-hydrogen) atoms. The van der Waals surface area contributed by atoms with Gasteiger partial charge in [-0.3, -0.25) is 0 Å². The normalized spacial score (nSPS) is 20.5. The van der Waals surface area contributed by atoms with Crippen LogP contribution in [0.5, 0.6) is 0 Å². The van der Waals surface area contributed by atoms with Gasteiger partial charge >= 0.3 is 0 Å². The van der Waals surface area contributed by atoms with Gasteiger partial charge in [-0.25, -0.2) is 0 Å². The van der Waals surface area contributed by atoms with E-state index in [1.165, 1.54) is 87.3 Å². The van der Waals surface area contributed by atoms with E-state index in [9.17, 15) is 0 Å². The Bertz CT molecular complexity index is 1010. The van der Waals surface area contributed by atoms with Crippen molar-refractivity contribution in [1.82, 2.24) is 0 Å². The van der Waals surface area contributed by atoms with E-state index in [4.69, 9.17) is 0 Å². The van der Waals surface area contributed by atoms with Crippen molar-refractivity contribution in [3.8, 4) is 11.1 Å². The Morgan fingerprint density at radius 3 is 1.52 bits per heavy atom. The van der Waals surface area contributed by atoms with E-state index in [2.05, 4.69) is 78.9 Å². The molecule has 0 nitrogen and oxygen atoms in total. The van der Waals surface area contributed by atoms with E-state index in [1.54, 1.807) is 11.1 Å². The van der Waals surface area contributed by atoms with Gasteiger partial charge in [-0.15, -0.1) is 0 Å². The first-order valence-corrected chi connectivity index (χ1v) is 14.9. The van der Waals surface area contributed by atoms with E-state index in [-0.39, 0.29) is 13.1 Å². The highest BCUT2D eigenvalue weighted by Gasteiger charge is 2.53. The Kier molecular flexibility index (Phi) is 6.15. The van der Waals surface area contributed by atoms with Crippen molar-refractivity contribution in [3.63, 3.8) is 0 Å². The molecule has 170 valence electrons.